The van der Waals surface area contributed by atoms with Crippen LogP contribution in [0.1, 0.15) is 26.7 Å². The molecule has 0 amide bonds. The van der Waals surface area contributed by atoms with Gasteiger partial charge in [0.2, 0.25) is 0 Å². The van der Waals surface area contributed by atoms with Crippen molar-refractivity contribution in [3.63, 3.8) is 0 Å². The van der Waals surface area contributed by atoms with Gasteiger partial charge in [-0.2, -0.15) is 0 Å². The summed E-state index contributed by atoms with van der Waals surface area (Å²) in [6.45, 7) is 4.55. The number of methoxy groups -OCH3 is 1. The maximum atomic E-state index is 11.3. The number of esters is 1. The third kappa shape index (κ3) is 0.782. The quantitative estimate of drug-likeness (QED) is 0.558. The molecule has 3 rings (SSSR count). The van der Waals surface area contributed by atoms with E-state index in [2.05, 4.69) is 13.8 Å². The lowest BCUT2D eigenvalue weighted by molar-refractivity contribution is -0.147. The molecule has 3 saturated carbocycles. The second kappa shape index (κ2) is 2.24. The molecule has 0 aromatic carbocycles. The van der Waals surface area contributed by atoms with Gasteiger partial charge in [0.25, 0.3) is 0 Å². The lowest BCUT2D eigenvalue weighted by atomic mass is 9.60. The van der Waals surface area contributed by atoms with E-state index in [4.69, 9.17) is 4.74 Å². The zero-order chi connectivity index (χ0) is 8.93. The van der Waals surface area contributed by atoms with Gasteiger partial charge < -0.3 is 4.74 Å². The Labute approximate surface area is 73.3 Å². The zero-order valence-electron chi connectivity index (χ0n) is 7.96. The fourth-order valence-corrected chi connectivity index (χ4v) is 3.02. The number of carbonyl (C=O) groups is 1. The van der Waals surface area contributed by atoms with Crippen LogP contribution in [0.2, 0.25) is 0 Å². The average molecular weight is 168 g/mol. The Kier molecular flexibility index (Phi) is 1.51. The molecular formula is C10H16O2. The predicted molar refractivity (Wildman–Crippen MR) is 45.5 cm³/mol. The summed E-state index contributed by atoms with van der Waals surface area (Å²) in [6.07, 6.45) is 2.30. The molecule has 2 nitrogen and oxygen atoms in total. The molecule has 3 aliphatic rings. The molecule has 0 radical (unpaired) electrons. The summed E-state index contributed by atoms with van der Waals surface area (Å²) in [6, 6.07) is 0. The summed E-state index contributed by atoms with van der Waals surface area (Å²) >= 11 is 0. The molecule has 3 aliphatic carbocycles. The van der Waals surface area contributed by atoms with Gasteiger partial charge in [-0.3, -0.25) is 4.79 Å². The van der Waals surface area contributed by atoms with Gasteiger partial charge in [-0.05, 0) is 30.1 Å². The maximum absolute atomic E-state index is 11.3. The van der Waals surface area contributed by atoms with E-state index in [1.54, 1.807) is 0 Å². The molecule has 68 valence electrons. The second-order valence-electron chi connectivity index (χ2n) is 4.73. The van der Waals surface area contributed by atoms with E-state index in [9.17, 15) is 4.79 Å². The van der Waals surface area contributed by atoms with Crippen molar-refractivity contribution in [2.24, 2.45) is 23.2 Å². The molecule has 0 spiro atoms. The summed E-state index contributed by atoms with van der Waals surface area (Å²) in [5.74, 6) is 1.57. The first-order chi connectivity index (χ1) is 5.57. The van der Waals surface area contributed by atoms with E-state index in [0.717, 1.165) is 12.3 Å². The third-order valence-corrected chi connectivity index (χ3v) is 4.07. The minimum Gasteiger partial charge on any atom is -0.469 e. The lowest BCUT2D eigenvalue weighted by Crippen LogP contribution is -2.39. The second-order valence-corrected chi connectivity index (χ2v) is 4.73. The van der Waals surface area contributed by atoms with Crippen LogP contribution in [0.15, 0.2) is 0 Å². The van der Waals surface area contributed by atoms with Crippen molar-refractivity contribution in [3.8, 4) is 0 Å². The van der Waals surface area contributed by atoms with Crippen LogP contribution in [0.5, 0.6) is 0 Å². The maximum Gasteiger partial charge on any atom is 0.308 e. The Morgan fingerprint density at radius 3 is 2.42 bits per heavy atom. The standard InChI is InChI=1S/C10H16O2/c1-10(2)6-4-7(8(10)5-6)9(11)12-3/h6-8H,4-5H2,1-3H3/t6-,7+,8+/m1/s1. The Morgan fingerprint density at radius 2 is 2.08 bits per heavy atom. The van der Waals surface area contributed by atoms with Crippen LogP contribution in [-0.2, 0) is 9.53 Å². The molecule has 0 saturated heterocycles. The summed E-state index contributed by atoms with van der Waals surface area (Å²) in [4.78, 5) is 11.3. The monoisotopic (exact) mass is 168 g/mol. The highest BCUT2D eigenvalue weighted by atomic mass is 16.5. The summed E-state index contributed by atoms with van der Waals surface area (Å²) in [5.41, 5.74) is 0.402. The Bertz CT molecular complexity index is 220. The largest absolute Gasteiger partial charge is 0.469 e. The van der Waals surface area contributed by atoms with Crippen LogP contribution < -0.4 is 0 Å². The SMILES string of the molecule is COC(=O)[C@H]1C[C@@H]2C[C@@H]1C2(C)C. The molecule has 0 N–H and O–H groups in total. The number of hydrogen-bond acceptors (Lipinski definition) is 2. The Hall–Kier alpha value is -0.530. The smallest absolute Gasteiger partial charge is 0.308 e. The summed E-state index contributed by atoms with van der Waals surface area (Å²) < 4.78 is 4.79. The number of fused-ring (bicyclic) bond motifs is 1. The number of hydrogen-bond donors (Lipinski definition) is 0. The highest BCUT2D eigenvalue weighted by Gasteiger charge is 2.60. The van der Waals surface area contributed by atoms with E-state index in [1.807, 2.05) is 0 Å². The van der Waals surface area contributed by atoms with E-state index >= 15 is 0 Å². The number of ether oxygens (including phenoxy) is 1. The van der Waals surface area contributed by atoms with Crippen LogP contribution in [0, 0.1) is 23.2 Å². The molecule has 3 fully saturated rings. The minimum atomic E-state index is 0.00748. The molecular weight excluding hydrogens is 152 g/mol. The van der Waals surface area contributed by atoms with E-state index in [-0.39, 0.29) is 11.9 Å². The molecule has 0 aromatic rings. The fraction of sp³-hybridized carbons (Fsp3) is 0.900. The van der Waals surface area contributed by atoms with Crippen molar-refractivity contribution in [1.29, 1.82) is 0 Å². The molecule has 2 bridgehead atoms. The van der Waals surface area contributed by atoms with Gasteiger partial charge in [0.15, 0.2) is 0 Å². The topological polar surface area (TPSA) is 26.3 Å². The Balaban J connectivity index is 2.11. The van der Waals surface area contributed by atoms with Gasteiger partial charge in [0.05, 0.1) is 13.0 Å². The number of rotatable bonds is 1. The zero-order valence-corrected chi connectivity index (χ0v) is 7.96. The third-order valence-electron chi connectivity index (χ3n) is 4.07. The van der Waals surface area contributed by atoms with Crippen LogP contribution >= 0.6 is 0 Å². The molecule has 12 heavy (non-hydrogen) atoms. The highest BCUT2D eigenvalue weighted by Crippen LogP contribution is 2.64. The van der Waals surface area contributed by atoms with Crippen molar-refractivity contribution >= 4 is 5.97 Å². The van der Waals surface area contributed by atoms with Crippen molar-refractivity contribution in [3.05, 3.63) is 0 Å². The van der Waals surface area contributed by atoms with Crippen LogP contribution in [0.4, 0.5) is 0 Å². The van der Waals surface area contributed by atoms with E-state index in [1.165, 1.54) is 13.5 Å². The van der Waals surface area contributed by atoms with Gasteiger partial charge in [0.1, 0.15) is 0 Å². The molecule has 0 aliphatic heterocycles. The van der Waals surface area contributed by atoms with Gasteiger partial charge in [-0.1, -0.05) is 13.8 Å². The lowest BCUT2D eigenvalue weighted by Gasteiger charge is -2.44. The van der Waals surface area contributed by atoms with E-state index in [0.29, 0.717) is 11.3 Å². The molecule has 0 aromatic heterocycles. The summed E-state index contributed by atoms with van der Waals surface area (Å²) in [5, 5.41) is 0. The average Bonchev–Trinajstić information content (AvgIpc) is 2.58. The van der Waals surface area contributed by atoms with Crippen LogP contribution in [0.25, 0.3) is 0 Å². The molecule has 0 unspecified atom stereocenters. The minimum absolute atomic E-state index is 0.00748. The first-order valence-electron chi connectivity index (χ1n) is 4.65. The van der Waals surface area contributed by atoms with E-state index < -0.39 is 0 Å². The first-order valence-corrected chi connectivity index (χ1v) is 4.65. The highest BCUT2D eigenvalue weighted by molar-refractivity contribution is 5.74. The predicted octanol–water partition coefficient (Wildman–Crippen LogP) is 1.84. The number of carbonyl (C=O) groups excluding carboxylic acids is 1. The molecule has 2 heteroatoms. The first kappa shape index (κ1) is 8.09. The van der Waals surface area contributed by atoms with Crippen molar-refractivity contribution in [1.82, 2.24) is 0 Å². The van der Waals surface area contributed by atoms with Gasteiger partial charge >= 0.3 is 5.97 Å². The van der Waals surface area contributed by atoms with Crippen LogP contribution in [0.3, 0.4) is 0 Å². The molecule has 3 atom stereocenters. The normalized spacial score (nSPS) is 42.1. The fourth-order valence-electron chi connectivity index (χ4n) is 3.02. The van der Waals surface area contributed by atoms with Gasteiger partial charge in [-0.25, -0.2) is 0 Å². The van der Waals surface area contributed by atoms with Crippen LogP contribution in [-0.4, -0.2) is 13.1 Å². The van der Waals surface area contributed by atoms with Gasteiger partial charge in [0, 0.05) is 0 Å². The van der Waals surface area contributed by atoms with Crippen molar-refractivity contribution in [2.75, 3.05) is 7.11 Å². The van der Waals surface area contributed by atoms with Crippen molar-refractivity contribution in [2.45, 2.75) is 26.7 Å². The summed E-state index contributed by atoms with van der Waals surface area (Å²) in [7, 11) is 1.49. The van der Waals surface area contributed by atoms with Gasteiger partial charge in [-0.15, -0.1) is 0 Å². The Morgan fingerprint density at radius 1 is 1.42 bits per heavy atom. The molecule has 0 heterocycles. The van der Waals surface area contributed by atoms with Crippen molar-refractivity contribution < 1.29 is 9.53 Å².